The van der Waals surface area contributed by atoms with Gasteiger partial charge in [-0.15, -0.1) is 0 Å². The number of nitrogens with zero attached hydrogens (tertiary/aromatic N) is 1. The molecular weight excluding hydrogens is 318 g/mol. The van der Waals surface area contributed by atoms with E-state index in [-0.39, 0.29) is 29.3 Å². The van der Waals surface area contributed by atoms with E-state index in [1.807, 2.05) is 18.2 Å². The Kier molecular flexibility index (Phi) is 4.88. The topological polar surface area (TPSA) is 94.2 Å². The van der Waals surface area contributed by atoms with Gasteiger partial charge in [0.25, 0.3) is 5.56 Å². The largest absolute Gasteiger partial charge is 0.369 e. The van der Waals surface area contributed by atoms with Crippen molar-refractivity contribution in [2.45, 2.75) is 44.7 Å². The Morgan fingerprint density at radius 3 is 2.68 bits per heavy atom. The Bertz CT molecular complexity index is 858. The van der Waals surface area contributed by atoms with Crippen LogP contribution in [0.25, 0.3) is 10.8 Å². The summed E-state index contributed by atoms with van der Waals surface area (Å²) in [7, 11) is 0. The van der Waals surface area contributed by atoms with Gasteiger partial charge in [0.1, 0.15) is 6.04 Å². The molecule has 0 spiro atoms. The molecule has 1 fully saturated rings. The summed E-state index contributed by atoms with van der Waals surface area (Å²) in [5.74, 6) is -0.978. The number of nitrogens with two attached hydrogens (primary N) is 1. The third kappa shape index (κ3) is 3.43. The van der Waals surface area contributed by atoms with E-state index in [1.54, 1.807) is 25.3 Å². The lowest BCUT2D eigenvalue weighted by molar-refractivity contribution is -0.127. The van der Waals surface area contributed by atoms with Crippen LogP contribution in [0.1, 0.15) is 38.6 Å². The van der Waals surface area contributed by atoms with E-state index < -0.39 is 6.04 Å². The quantitative estimate of drug-likeness (QED) is 0.886. The number of hydrogen-bond acceptors (Lipinski definition) is 3. The summed E-state index contributed by atoms with van der Waals surface area (Å²) >= 11 is 0. The molecule has 2 amide bonds. The highest BCUT2D eigenvalue weighted by Gasteiger charge is 2.31. The van der Waals surface area contributed by atoms with Crippen LogP contribution in [0.2, 0.25) is 0 Å². The first-order valence-corrected chi connectivity index (χ1v) is 8.68. The molecule has 0 aliphatic heterocycles. The summed E-state index contributed by atoms with van der Waals surface area (Å²) < 4.78 is 1.43. The van der Waals surface area contributed by atoms with Crippen LogP contribution in [0, 0.1) is 5.92 Å². The molecular formula is C19H23N3O3. The predicted octanol–water partition coefficient (Wildman–Crippen LogP) is 1.72. The molecule has 1 aromatic carbocycles. The zero-order valence-corrected chi connectivity index (χ0v) is 14.3. The van der Waals surface area contributed by atoms with Crippen LogP contribution in [0.5, 0.6) is 0 Å². The highest BCUT2D eigenvalue weighted by Crippen LogP contribution is 2.24. The van der Waals surface area contributed by atoms with Crippen LogP contribution in [0.3, 0.4) is 0 Å². The summed E-state index contributed by atoms with van der Waals surface area (Å²) in [5, 5.41) is 4.35. The Morgan fingerprint density at radius 2 is 1.92 bits per heavy atom. The van der Waals surface area contributed by atoms with Gasteiger partial charge in [-0.25, -0.2) is 0 Å². The molecule has 0 saturated heterocycles. The highest BCUT2D eigenvalue weighted by molar-refractivity contribution is 5.84. The van der Waals surface area contributed by atoms with Crippen LogP contribution in [-0.2, 0) is 9.59 Å². The van der Waals surface area contributed by atoms with Gasteiger partial charge < -0.3 is 15.6 Å². The van der Waals surface area contributed by atoms with E-state index in [2.05, 4.69) is 5.32 Å². The van der Waals surface area contributed by atoms with Gasteiger partial charge in [0.2, 0.25) is 11.8 Å². The number of aromatic nitrogens is 1. The van der Waals surface area contributed by atoms with Gasteiger partial charge in [-0.1, -0.05) is 31.0 Å². The smallest absolute Gasteiger partial charge is 0.259 e. The van der Waals surface area contributed by atoms with E-state index in [0.717, 1.165) is 24.6 Å². The Labute approximate surface area is 146 Å². The minimum Gasteiger partial charge on any atom is -0.369 e. The number of benzene rings is 1. The van der Waals surface area contributed by atoms with E-state index in [4.69, 9.17) is 5.73 Å². The minimum atomic E-state index is -0.660. The standard InChI is InChI=1S/C19H23N3O3/c1-12(18(24)21-16-9-5-4-8-15(16)17(20)23)22-11-10-13-6-2-3-7-14(13)19(22)25/h2-3,6-7,10-12,15-16H,4-5,8-9H2,1H3,(H2,20,23)(H,21,24). The molecule has 1 heterocycles. The average molecular weight is 341 g/mol. The van der Waals surface area contributed by atoms with E-state index >= 15 is 0 Å². The molecule has 0 radical (unpaired) electrons. The van der Waals surface area contributed by atoms with Crippen LogP contribution < -0.4 is 16.6 Å². The Morgan fingerprint density at radius 1 is 1.20 bits per heavy atom. The van der Waals surface area contributed by atoms with Crippen molar-refractivity contribution in [3.05, 3.63) is 46.9 Å². The number of hydrogen-bond donors (Lipinski definition) is 2. The third-order valence-electron chi connectivity index (χ3n) is 5.10. The minimum absolute atomic E-state index is 0.198. The molecule has 1 aromatic heterocycles. The molecule has 25 heavy (non-hydrogen) atoms. The van der Waals surface area contributed by atoms with E-state index in [1.165, 1.54) is 4.57 Å². The van der Waals surface area contributed by atoms with E-state index in [9.17, 15) is 14.4 Å². The lowest BCUT2D eigenvalue weighted by Crippen LogP contribution is -2.49. The molecule has 0 bridgehead atoms. The maximum absolute atomic E-state index is 12.6. The molecule has 1 aliphatic carbocycles. The normalized spacial score (nSPS) is 21.6. The number of amides is 2. The first kappa shape index (κ1) is 17.2. The lowest BCUT2D eigenvalue weighted by atomic mass is 9.84. The number of nitrogens with one attached hydrogen (secondary N) is 1. The molecule has 3 rings (SSSR count). The van der Waals surface area contributed by atoms with Gasteiger partial charge in [-0.2, -0.15) is 0 Å². The van der Waals surface area contributed by atoms with Crippen molar-refractivity contribution in [2.24, 2.45) is 11.7 Å². The summed E-state index contributed by atoms with van der Waals surface area (Å²) in [6.07, 6.45) is 4.98. The highest BCUT2D eigenvalue weighted by atomic mass is 16.2. The molecule has 3 N–H and O–H groups in total. The van der Waals surface area contributed by atoms with Crippen molar-refractivity contribution in [3.63, 3.8) is 0 Å². The summed E-state index contributed by atoms with van der Waals surface area (Å²) in [6.45, 7) is 1.69. The van der Waals surface area contributed by atoms with Crippen molar-refractivity contribution >= 4 is 22.6 Å². The molecule has 3 unspecified atom stereocenters. The zero-order valence-electron chi connectivity index (χ0n) is 14.3. The maximum Gasteiger partial charge on any atom is 0.259 e. The SMILES string of the molecule is CC(C(=O)NC1CCCCC1C(N)=O)n1ccc2ccccc2c1=O. The average Bonchev–Trinajstić information content (AvgIpc) is 2.62. The number of pyridine rings is 1. The van der Waals surface area contributed by atoms with Gasteiger partial charge in [0, 0.05) is 17.6 Å². The molecule has 6 heteroatoms. The third-order valence-corrected chi connectivity index (χ3v) is 5.10. The molecule has 2 aromatic rings. The second kappa shape index (κ2) is 7.09. The lowest BCUT2D eigenvalue weighted by Gasteiger charge is -2.31. The summed E-state index contributed by atoms with van der Waals surface area (Å²) in [6, 6.07) is 8.21. The summed E-state index contributed by atoms with van der Waals surface area (Å²) in [4.78, 5) is 36.9. The van der Waals surface area contributed by atoms with Crippen LogP contribution in [-0.4, -0.2) is 22.4 Å². The van der Waals surface area contributed by atoms with Gasteiger partial charge in [0.15, 0.2) is 0 Å². The fraction of sp³-hybridized carbons (Fsp3) is 0.421. The maximum atomic E-state index is 12.6. The monoisotopic (exact) mass is 341 g/mol. The van der Waals surface area contributed by atoms with E-state index in [0.29, 0.717) is 11.8 Å². The van der Waals surface area contributed by atoms with Crippen LogP contribution >= 0.6 is 0 Å². The molecule has 1 aliphatic rings. The molecule has 132 valence electrons. The van der Waals surface area contributed by atoms with Gasteiger partial charge >= 0.3 is 0 Å². The van der Waals surface area contributed by atoms with Crippen molar-refractivity contribution < 1.29 is 9.59 Å². The van der Waals surface area contributed by atoms with Crippen molar-refractivity contribution in [3.8, 4) is 0 Å². The number of primary amides is 1. The van der Waals surface area contributed by atoms with Crippen molar-refractivity contribution in [2.75, 3.05) is 0 Å². The fourth-order valence-corrected chi connectivity index (χ4v) is 3.58. The second-order valence-electron chi connectivity index (χ2n) is 6.70. The van der Waals surface area contributed by atoms with Crippen molar-refractivity contribution in [1.29, 1.82) is 0 Å². The summed E-state index contributed by atoms with van der Waals surface area (Å²) in [5.41, 5.74) is 5.26. The number of rotatable bonds is 4. The fourth-order valence-electron chi connectivity index (χ4n) is 3.58. The number of fused-ring (bicyclic) bond motifs is 1. The number of carbonyl (C=O) groups is 2. The first-order valence-electron chi connectivity index (χ1n) is 8.68. The molecule has 6 nitrogen and oxygen atoms in total. The van der Waals surface area contributed by atoms with Gasteiger partial charge in [-0.05, 0) is 37.3 Å². The van der Waals surface area contributed by atoms with Gasteiger partial charge in [-0.3, -0.25) is 14.4 Å². The second-order valence-corrected chi connectivity index (χ2v) is 6.70. The predicted molar refractivity (Wildman–Crippen MR) is 96.0 cm³/mol. The first-order chi connectivity index (χ1) is 12.0. The van der Waals surface area contributed by atoms with Crippen LogP contribution in [0.15, 0.2) is 41.3 Å². The van der Waals surface area contributed by atoms with Crippen molar-refractivity contribution in [1.82, 2.24) is 9.88 Å². The Balaban J connectivity index is 1.82. The number of carbonyl (C=O) groups excluding carboxylic acids is 2. The zero-order chi connectivity index (χ0) is 18.0. The Hall–Kier alpha value is -2.63. The molecule has 3 atom stereocenters. The van der Waals surface area contributed by atoms with Crippen LogP contribution in [0.4, 0.5) is 0 Å². The van der Waals surface area contributed by atoms with Gasteiger partial charge in [0.05, 0.1) is 5.92 Å². The molecule has 1 saturated carbocycles.